The zero-order chi connectivity index (χ0) is 11.5. The average molecular weight is 241 g/mol. The van der Waals surface area contributed by atoms with E-state index in [1.165, 1.54) is 0 Å². The molecule has 2 amide bonds. The molecule has 16 heavy (non-hydrogen) atoms. The molecule has 0 aromatic carbocycles. The van der Waals surface area contributed by atoms with Crippen LogP contribution >= 0.6 is 11.6 Å². The van der Waals surface area contributed by atoms with Gasteiger partial charge in [0.05, 0.1) is 0 Å². The molecule has 1 aromatic heterocycles. The second-order valence-electron chi connectivity index (χ2n) is 3.63. The molecule has 0 atom stereocenters. The number of primary amides is 1. The fourth-order valence-corrected chi connectivity index (χ4v) is 1.89. The number of halogens is 1. The van der Waals surface area contributed by atoms with Crippen molar-refractivity contribution in [2.45, 2.75) is 0 Å². The summed E-state index contributed by atoms with van der Waals surface area (Å²) in [6.07, 6.45) is 0. The van der Waals surface area contributed by atoms with Gasteiger partial charge in [-0.3, -0.25) is 0 Å². The summed E-state index contributed by atoms with van der Waals surface area (Å²) in [6.45, 7) is 2.72. The van der Waals surface area contributed by atoms with E-state index in [4.69, 9.17) is 17.3 Å². The van der Waals surface area contributed by atoms with Crippen molar-refractivity contribution >= 4 is 23.4 Å². The lowest BCUT2D eigenvalue weighted by molar-refractivity contribution is 0.204. The maximum atomic E-state index is 10.9. The Morgan fingerprint density at radius 2 is 2.00 bits per heavy atom. The van der Waals surface area contributed by atoms with Gasteiger partial charge in [0.25, 0.3) is 0 Å². The van der Waals surface area contributed by atoms with Crippen LogP contribution < -0.4 is 10.6 Å². The van der Waals surface area contributed by atoms with E-state index in [0.29, 0.717) is 18.2 Å². The second kappa shape index (κ2) is 4.57. The predicted molar refractivity (Wildman–Crippen MR) is 62.6 cm³/mol. The average Bonchev–Trinajstić information content (AvgIpc) is 2.29. The first-order valence-electron chi connectivity index (χ1n) is 5.09. The van der Waals surface area contributed by atoms with Crippen molar-refractivity contribution in [1.29, 1.82) is 0 Å². The highest BCUT2D eigenvalue weighted by Crippen LogP contribution is 2.16. The summed E-state index contributed by atoms with van der Waals surface area (Å²) in [6, 6.07) is 5.15. The first kappa shape index (κ1) is 11.0. The van der Waals surface area contributed by atoms with Gasteiger partial charge in [-0.25, -0.2) is 9.78 Å². The minimum Gasteiger partial charge on any atom is -0.353 e. The molecule has 2 heterocycles. The molecule has 2 N–H and O–H groups in total. The highest BCUT2D eigenvalue weighted by atomic mass is 35.5. The molecule has 1 aliphatic heterocycles. The summed E-state index contributed by atoms with van der Waals surface area (Å²) >= 11 is 5.82. The Kier molecular flexibility index (Phi) is 3.14. The molecular formula is C10H13ClN4O. The van der Waals surface area contributed by atoms with E-state index in [2.05, 4.69) is 9.88 Å². The molecule has 1 saturated heterocycles. The molecule has 1 aliphatic rings. The maximum Gasteiger partial charge on any atom is 0.314 e. The van der Waals surface area contributed by atoms with E-state index < -0.39 is 0 Å². The Hall–Kier alpha value is -1.49. The van der Waals surface area contributed by atoms with Gasteiger partial charge in [0, 0.05) is 26.2 Å². The molecule has 0 spiro atoms. The second-order valence-corrected chi connectivity index (χ2v) is 4.02. The van der Waals surface area contributed by atoms with E-state index in [0.717, 1.165) is 18.9 Å². The summed E-state index contributed by atoms with van der Waals surface area (Å²) in [5.74, 6) is 0.844. The molecule has 5 nitrogen and oxygen atoms in total. The molecule has 0 saturated carbocycles. The van der Waals surface area contributed by atoms with E-state index in [1.54, 1.807) is 11.0 Å². The number of hydrogen-bond donors (Lipinski definition) is 1. The van der Waals surface area contributed by atoms with Gasteiger partial charge in [-0.05, 0) is 12.1 Å². The summed E-state index contributed by atoms with van der Waals surface area (Å²) in [4.78, 5) is 18.9. The Bertz CT molecular complexity index is 390. The van der Waals surface area contributed by atoms with Gasteiger partial charge in [0.1, 0.15) is 11.0 Å². The molecule has 6 heteroatoms. The Morgan fingerprint density at radius 1 is 1.31 bits per heavy atom. The molecule has 86 valence electrons. The molecular weight excluding hydrogens is 228 g/mol. The molecule has 0 bridgehead atoms. The van der Waals surface area contributed by atoms with Gasteiger partial charge < -0.3 is 15.5 Å². The summed E-state index contributed by atoms with van der Waals surface area (Å²) in [7, 11) is 0. The van der Waals surface area contributed by atoms with Crippen molar-refractivity contribution in [3.05, 3.63) is 23.4 Å². The first-order valence-corrected chi connectivity index (χ1v) is 5.46. The van der Waals surface area contributed by atoms with Crippen LogP contribution in [0.5, 0.6) is 0 Å². The van der Waals surface area contributed by atoms with Crippen molar-refractivity contribution in [2.24, 2.45) is 5.73 Å². The van der Waals surface area contributed by atoms with Gasteiger partial charge in [0.15, 0.2) is 0 Å². The number of hydrogen-bond acceptors (Lipinski definition) is 3. The van der Waals surface area contributed by atoms with Crippen LogP contribution in [0, 0.1) is 0 Å². The zero-order valence-corrected chi connectivity index (χ0v) is 9.52. The van der Waals surface area contributed by atoms with E-state index in [9.17, 15) is 4.79 Å². The highest BCUT2D eigenvalue weighted by molar-refractivity contribution is 6.29. The monoisotopic (exact) mass is 240 g/mol. The fraction of sp³-hybridized carbons (Fsp3) is 0.400. The zero-order valence-electron chi connectivity index (χ0n) is 8.77. The molecule has 0 radical (unpaired) electrons. The standard InChI is InChI=1S/C10H13ClN4O/c11-8-2-1-3-9(13-8)14-4-6-15(7-5-14)10(12)16/h1-3H,4-7H2,(H2,12,16). The number of carbonyl (C=O) groups is 1. The number of anilines is 1. The third-order valence-electron chi connectivity index (χ3n) is 2.62. The number of nitrogens with zero attached hydrogens (tertiary/aromatic N) is 3. The van der Waals surface area contributed by atoms with Crippen LogP contribution in [-0.2, 0) is 0 Å². The number of nitrogens with two attached hydrogens (primary N) is 1. The smallest absolute Gasteiger partial charge is 0.314 e. The number of aromatic nitrogens is 1. The van der Waals surface area contributed by atoms with Gasteiger partial charge in [-0.1, -0.05) is 17.7 Å². The number of amides is 2. The normalized spacial score (nSPS) is 16.3. The van der Waals surface area contributed by atoms with Gasteiger partial charge in [0.2, 0.25) is 0 Å². The number of urea groups is 1. The molecule has 2 rings (SSSR count). The lowest BCUT2D eigenvalue weighted by Gasteiger charge is -2.34. The van der Waals surface area contributed by atoms with Gasteiger partial charge in [-0.2, -0.15) is 0 Å². The Morgan fingerprint density at radius 3 is 2.56 bits per heavy atom. The van der Waals surface area contributed by atoms with Crippen LogP contribution in [0.15, 0.2) is 18.2 Å². The number of pyridine rings is 1. The van der Waals surface area contributed by atoms with Crippen LogP contribution in [-0.4, -0.2) is 42.1 Å². The van der Waals surface area contributed by atoms with Crippen LogP contribution in [0.25, 0.3) is 0 Å². The van der Waals surface area contributed by atoms with Crippen molar-refractivity contribution in [3.63, 3.8) is 0 Å². The summed E-state index contributed by atoms with van der Waals surface area (Å²) in [5.41, 5.74) is 5.21. The maximum absolute atomic E-state index is 10.9. The van der Waals surface area contributed by atoms with E-state index in [1.807, 2.05) is 12.1 Å². The Balaban J connectivity index is 2.01. The minimum atomic E-state index is -0.362. The molecule has 0 aliphatic carbocycles. The summed E-state index contributed by atoms with van der Waals surface area (Å²) < 4.78 is 0. The fourth-order valence-electron chi connectivity index (χ4n) is 1.73. The summed E-state index contributed by atoms with van der Waals surface area (Å²) in [5, 5.41) is 0.481. The van der Waals surface area contributed by atoms with E-state index >= 15 is 0 Å². The quantitative estimate of drug-likeness (QED) is 0.743. The van der Waals surface area contributed by atoms with Crippen LogP contribution in [0.3, 0.4) is 0 Å². The van der Waals surface area contributed by atoms with E-state index in [-0.39, 0.29) is 6.03 Å². The number of rotatable bonds is 1. The van der Waals surface area contributed by atoms with Crippen molar-refractivity contribution in [1.82, 2.24) is 9.88 Å². The van der Waals surface area contributed by atoms with Gasteiger partial charge >= 0.3 is 6.03 Å². The Labute approximate surface area is 98.8 Å². The molecule has 0 unspecified atom stereocenters. The highest BCUT2D eigenvalue weighted by Gasteiger charge is 2.19. The van der Waals surface area contributed by atoms with Gasteiger partial charge in [-0.15, -0.1) is 0 Å². The lowest BCUT2D eigenvalue weighted by atomic mass is 10.3. The largest absolute Gasteiger partial charge is 0.353 e. The predicted octanol–water partition coefficient (Wildman–Crippen LogP) is 0.936. The number of piperazine rings is 1. The minimum absolute atomic E-state index is 0.362. The third-order valence-corrected chi connectivity index (χ3v) is 2.83. The lowest BCUT2D eigenvalue weighted by Crippen LogP contribution is -2.50. The van der Waals surface area contributed by atoms with Crippen LogP contribution in [0.2, 0.25) is 5.15 Å². The molecule has 1 aromatic rings. The van der Waals surface area contributed by atoms with Crippen molar-refractivity contribution < 1.29 is 4.79 Å². The van der Waals surface area contributed by atoms with Crippen LogP contribution in [0.1, 0.15) is 0 Å². The SMILES string of the molecule is NC(=O)N1CCN(c2cccc(Cl)n2)CC1. The van der Waals surface area contributed by atoms with Crippen LogP contribution in [0.4, 0.5) is 10.6 Å². The topological polar surface area (TPSA) is 62.5 Å². The first-order chi connectivity index (χ1) is 7.66. The van der Waals surface area contributed by atoms with Crippen molar-refractivity contribution in [3.8, 4) is 0 Å². The number of carbonyl (C=O) groups excluding carboxylic acids is 1. The molecule has 1 fully saturated rings. The third kappa shape index (κ3) is 2.36. The van der Waals surface area contributed by atoms with Crippen molar-refractivity contribution in [2.75, 3.05) is 31.1 Å².